The highest BCUT2D eigenvalue weighted by atomic mass is 14.9. The summed E-state index contributed by atoms with van der Waals surface area (Å²) in [6, 6.07) is 82.5. The summed E-state index contributed by atoms with van der Waals surface area (Å²) in [5.41, 5.74) is 15.9. The Morgan fingerprint density at radius 3 is 1.21 bits per heavy atom. The second-order valence-electron chi connectivity index (χ2n) is 17.6. The van der Waals surface area contributed by atoms with Crippen molar-refractivity contribution >= 4 is 43.6 Å². The van der Waals surface area contributed by atoms with Crippen molar-refractivity contribution in [3.8, 4) is 96.1 Å². The third kappa shape index (κ3) is 7.39. The fourth-order valence-electron chi connectivity index (χ4n) is 9.92. The summed E-state index contributed by atoms with van der Waals surface area (Å²) >= 11 is 0. The predicted octanol–water partition coefficient (Wildman–Crippen LogP) is 15.9. The number of pyridine rings is 4. The minimum atomic E-state index is 0.412. The lowest BCUT2D eigenvalue weighted by atomic mass is 9.92. The van der Waals surface area contributed by atoms with E-state index in [0.717, 1.165) is 88.5 Å². The van der Waals surface area contributed by atoms with Gasteiger partial charge < -0.3 is 0 Å². The molecule has 0 saturated carbocycles. The lowest BCUT2D eigenvalue weighted by molar-refractivity contribution is 1.20. The van der Waals surface area contributed by atoms with Gasteiger partial charge >= 0.3 is 0 Å². The van der Waals surface area contributed by atoms with Gasteiger partial charge in [-0.15, -0.1) is 0 Å². The minimum Gasteiger partial charge on any atom is -0.246 e. The molecule has 0 saturated heterocycles. The van der Waals surface area contributed by atoms with E-state index in [1.54, 1.807) is 0 Å². The number of nitriles is 1. The van der Waals surface area contributed by atoms with Crippen LogP contribution in [-0.4, -0.2) is 29.9 Å². The molecule has 0 unspecified atom stereocenters. The fourth-order valence-corrected chi connectivity index (χ4v) is 9.92. The van der Waals surface area contributed by atoms with Crippen LogP contribution in [0.15, 0.2) is 237 Å². The second kappa shape index (κ2) is 17.8. The van der Waals surface area contributed by atoms with Crippen molar-refractivity contribution in [2.75, 3.05) is 0 Å². The van der Waals surface area contributed by atoms with Crippen molar-refractivity contribution in [3.63, 3.8) is 0 Å². The van der Waals surface area contributed by atoms with Gasteiger partial charge in [0.05, 0.1) is 50.6 Å². The van der Waals surface area contributed by atoms with Gasteiger partial charge in [-0.1, -0.05) is 206 Å². The zero-order chi connectivity index (χ0) is 48.0. The first kappa shape index (κ1) is 42.1. The van der Waals surface area contributed by atoms with Gasteiger partial charge in [-0.3, -0.25) is 0 Å². The van der Waals surface area contributed by atoms with Crippen LogP contribution in [0.4, 0.5) is 0 Å². The quantitative estimate of drug-likeness (QED) is 0.140. The zero-order valence-corrected chi connectivity index (χ0v) is 38.6. The van der Waals surface area contributed by atoms with Gasteiger partial charge in [0.2, 0.25) is 0 Å². The standard InChI is InChI=1S/C65H39N7/c66-40-53-58(49-36-34-47-51(41-20-7-1-8-21-41)38-56(43-24-11-3-12-25-43)68-61(47)63(49)70-59(53)45-28-15-5-16-29-45)54-32-19-33-55(67-54)60-50-37-35-48-52(42-22-9-2-10-23-42)39-57(44-26-13-4-14-27-44)69-62(48)64(50)72-65(71-60)46-30-17-6-18-31-46/h1-39H. The molecule has 0 radical (unpaired) electrons. The molecule has 0 aliphatic rings. The first-order chi connectivity index (χ1) is 35.7. The molecular formula is C65H39N7. The second-order valence-corrected chi connectivity index (χ2v) is 17.6. The zero-order valence-electron chi connectivity index (χ0n) is 38.6. The molecule has 0 fully saturated rings. The number of hydrogen-bond donors (Lipinski definition) is 0. The highest BCUT2D eigenvalue weighted by molar-refractivity contribution is 6.15. The number of nitrogens with zero attached hydrogens (tertiary/aromatic N) is 7. The molecule has 8 aromatic carbocycles. The molecule has 0 spiro atoms. The number of fused-ring (bicyclic) bond motifs is 6. The van der Waals surface area contributed by atoms with Crippen LogP contribution in [0.2, 0.25) is 0 Å². The summed E-state index contributed by atoms with van der Waals surface area (Å²) in [5, 5.41) is 14.8. The number of rotatable bonds is 8. The van der Waals surface area contributed by atoms with Gasteiger partial charge in [-0.2, -0.15) is 5.26 Å². The third-order valence-electron chi connectivity index (χ3n) is 13.3. The van der Waals surface area contributed by atoms with Crippen LogP contribution in [0, 0.1) is 11.3 Å². The van der Waals surface area contributed by atoms with E-state index < -0.39 is 0 Å². The average Bonchev–Trinajstić information content (AvgIpc) is 3.47. The maximum atomic E-state index is 11.3. The van der Waals surface area contributed by atoms with E-state index in [-0.39, 0.29) is 0 Å². The molecule has 0 bridgehead atoms. The molecule has 13 rings (SSSR count). The van der Waals surface area contributed by atoms with Crippen LogP contribution in [0.3, 0.4) is 0 Å². The highest BCUT2D eigenvalue weighted by Crippen LogP contribution is 2.43. The van der Waals surface area contributed by atoms with Gasteiger partial charge in [0.1, 0.15) is 17.3 Å². The van der Waals surface area contributed by atoms with Gasteiger partial charge in [0.25, 0.3) is 0 Å². The summed E-state index contributed by atoms with van der Waals surface area (Å²) in [4.78, 5) is 32.4. The van der Waals surface area contributed by atoms with E-state index in [1.165, 1.54) is 0 Å². The van der Waals surface area contributed by atoms with Crippen LogP contribution in [-0.2, 0) is 0 Å². The Labute approximate surface area is 415 Å². The molecule has 13 aromatic rings. The highest BCUT2D eigenvalue weighted by Gasteiger charge is 2.24. The average molecular weight is 918 g/mol. The molecule has 0 amide bonds. The maximum absolute atomic E-state index is 11.3. The summed E-state index contributed by atoms with van der Waals surface area (Å²) in [6.07, 6.45) is 0. The summed E-state index contributed by atoms with van der Waals surface area (Å²) in [6.45, 7) is 0. The van der Waals surface area contributed by atoms with E-state index in [1.807, 2.05) is 127 Å². The predicted molar refractivity (Wildman–Crippen MR) is 291 cm³/mol. The SMILES string of the molecule is N#Cc1c(-c2ccccc2)nc2c(ccc3c(-c4ccccc4)cc(-c4ccccc4)nc32)c1-c1cccc(-c2nc(-c3ccccc3)nc3c2ccc2c(-c4ccccc4)cc(-c4ccccc4)nc23)n1. The molecular weight excluding hydrogens is 879 g/mol. The Morgan fingerprint density at radius 2 is 0.694 bits per heavy atom. The van der Waals surface area contributed by atoms with Crippen molar-refractivity contribution in [2.45, 2.75) is 0 Å². The van der Waals surface area contributed by atoms with Gasteiger partial charge in [-0.25, -0.2) is 29.9 Å². The maximum Gasteiger partial charge on any atom is 0.160 e. The van der Waals surface area contributed by atoms with Crippen LogP contribution in [0.1, 0.15) is 5.56 Å². The Hall–Kier alpha value is -10.0. The third-order valence-corrected chi connectivity index (χ3v) is 13.3. The van der Waals surface area contributed by atoms with Crippen molar-refractivity contribution in [1.82, 2.24) is 29.9 Å². The Morgan fingerprint density at radius 1 is 0.278 bits per heavy atom. The molecule has 5 aromatic heterocycles. The van der Waals surface area contributed by atoms with Crippen LogP contribution in [0.25, 0.3) is 134 Å². The van der Waals surface area contributed by atoms with Crippen molar-refractivity contribution in [2.24, 2.45) is 0 Å². The molecule has 7 nitrogen and oxygen atoms in total. The molecule has 0 aliphatic heterocycles. The molecule has 72 heavy (non-hydrogen) atoms. The van der Waals surface area contributed by atoms with Crippen LogP contribution >= 0.6 is 0 Å². The van der Waals surface area contributed by atoms with Gasteiger partial charge in [0.15, 0.2) is 5.82 Å². The lowest BCUT2D eigenvalue weighted by Crippen LogP contribution is -2.02. The van der Waals surface area contributed by atoms with E-state index in [9.17, 15) is 5.26 Å². The van der Waals surface area contributed by atoms with Crippen molar-refractivity contribution in [3.05, 3.63) is 242 Å². The van der Waals surface area contributed by atoms with Gasteiger partial charge in [-0.05, 0) is 52.6 Å². The van der Waals surface area contributed by atoms with Crippen molar-refractivity contribution in [1.29, 1.82) is 5.26 Å². The van der Waals surface area contributed by atoms with E-state index in [0.29, 0.717) is 50.8 Å². The largest absolute Gasteiger partial charge is 0.246 e. The summed E-state index contributed by atoms with van der Waals surface area (Å²) < 4.78 is 0. The molecule has 334 valence electrons. The molecule has 0 aliphatic carbocycles. The lowest BCUT2D eigenvalue weighted by Gasteiger charge is -2.17. The smallest absolute Gasteiger partial charge is 0.160 e. The summed E-state index contributed by atoms with van der Waals surface area (Å²) in [5.74, 6) is 0.547. The monoisotopic (exact) mass is 917 g/mol. The molecule has 7 heteroatoms. The fraction of sp³-hybridized carbons (Fsp3) is 0. The summed E-state index contributed by atoms with van der Waals surface area (Å²) in [7, 11) is 0. The normalized spacial score (nSPS) is 11.3. The van der Waals surface area contributed by atoms with E-state index in [4.69, 9.17) is 29.9 Å². The Balaban J connectivity index is 1.09. The van der Waals surface area contributed by atoms with E-state index >= 15 is 0 Å². The van der Waals surface area contributed by atoms with E-state index in [2.05, 4.69) is 115 Å². The van der Waals surface area contributed by atoms with Crippen LogP contribution in [0.5, 0.6) is 0 Å². The molecule has 0 atom stereocenters. The van der Waals surface area contributed by atoms with Gasteiger partial charge in [0, 0.05) is 49.4 Å². The number of aromatic nitrogens is 6. The topological polar surface area (TPSA) is 101 Å². The molecule has 0 N–H and O–H groups in total. The van der Waals surface area contributed by atoms with Crippen LogP contribution < -0.4 is 0 Å². The first-order valence-electron chi connectivity index (χ1n) is 23.8. The number of hydrogen-bond acceptors (Lipinski definition) is 7. The number of benzene rings is 8. The molecule has 5 heterocycles. The van der Waals surface area contributed by atoms with Crippen molar-refractivity contribution < 1.29 is 0 Å². The first-order valence-corrected chi connectivity index (χ1v) is 23.8. The minimum absolute atomic E-state index is 0.412. The Bertz CT molecular complexity index is 4240. The Kier molecular flexibility index (Phi) is 10.4.